The second kappa shape index (κ2) is 7.49. The number of aliphatic hydroxyl groups is 1. The van der Waals surface area contributed by atoms with E-state index in [0.717, 1.165) is 23.3 Å². The first-order valence-corrected chi connectivity index (χ1v) is 7.94. The van der Waals surface area contributed by atoms with E-state index in [1.165, 1.54) is 0 Å². The molecule has 0 saturated carbocycles. The quantitative estimate of drug-likeness (QED) is 0.897. The van der Waals surface area contributed by atoms with Crippen LogP contribution >= 0.6 is 0 Å². The lowest BCUT2D eigenvalue weighted by Gasteiger charge is -2.34. The maximum absolute atomic E-state index is 12.2. The molecular formula is C17H26N2O3. The van der Waals surface area contributed by atoms with Gasteiger partial charge in [-0.1, -0.05) is 19.1 Å². The van der Waals surface area contributed by atoms with Crippen molar-refractivity contribution in [1.29, 1.82) is 0 Å². The second-order valence-corrected chi connectivity index (χ2v) is 5.97. The highest BCUT2D eigenvalue weighted by Crippen LogP contribution is 2.19. The number of likely N-dealkylation sites (tertiary alicyclic amines) is 1. The Labute approximate surface area is 132 Å². The van der Waals surface area contributed by atoms with Crippen LogP contribution in [0.3, 0.4) is 0 Å². The number of β-amino-alcohol motifs (C(OH)–C–C–N with tert-alkyl or cyclic N) is 1. The van der Waals surface area contributed by atoms with Gasteiger partial charge in [0, 0.05) is 19.6 Å². The Kier molecular flexibility index (Phi) is 5.66. The molecular weight excluding hydrogens is 280 g/mol. The van der Waals surface area contributed by atoms with Gasteiger partial charge in [0.1, 0.15) is 5.75 Å². The highest BCUT2D eigenvalue weighted by molar-refractivity contribution is 5.74. The molecule has 22 heavy (non-hydrogen) atoms. The molecule has 2 amide bonds. The fourth-order valence-electron chi connectivity index (χ4n) is 2.66. The van der Waals surface area contributed by atoms with Crippen LogP contribution in [0.5, 0.6) is 5.75 Å². The Bertz CT molecular complexity index is 519. The van der Waals surface area contributed by atoms with E-state index in [1.807, 2.05) is 39.0 Å². The topological polar surface area (TPSA) is 61.8 Å². The van der Waals surface area contributed by atoms with Gasteiger partial charge in [0.15, 0.2) is 0 Å². The molecule has 2 rings (SSSR count). The smallest absolute Gasteiger partial charge is 0.317 e. The Morgan fingerprint density at radius 1 is 1.50 bits per heavy atom. The van der Waals surface area contributed by atoms with Crippen molar-refractivity contribution >= 4 is 6.03 Å². The normalized spacial score (nSPS) is 21.5. The Hall–Kier alpha value is -1.75. The van der Waals surface area contributed by atoms with Gasteiger partial charge in [-0.3, -0.25) is 0 Å². The Morgan fingerprint density at radius 2 is 2.27 bits per heavy atom. The zero-order valence-electron chi connectivity index (χ0n) is 13.6. The van der Waals surface area contributed by atoms with Gasteiger partial charge in [0.25, 0.3) is 0 Å². The van der Waals surface area contributed by atoms with Gasteiger partial charge in [0.05, 0.1) is 12.7 Å². The molecule has 5 nitrogen and oxygen atoms in total. The van der Waals surface area contributed by atoms with Crippen LogP contribution in [0, 0.1) is 12.8 Å². The summed E-state index contributed by atoms with van der Waals surface area (Å²) in [4.78, 5) is 13.8. The fraction of sp³-hybridized carbons (Fsp3) is 0.588. The SMILES string of the molecule is CCOc1ccc(CNC(=O)N2CCC(C)C(O)C2)cc1C. The largest absolute Gasteiger partial charge is 0.494 e. The number of amides is 2. The zero-order valence-corrected chi connectivity index (χ0v) is 13.6. The Balaban J connectivity index is 1.87. The predicted molar refractivity (Wildman–Crippen MR) is 85.9 cm³/mol. The second-order valence-electron chi connectivity index (χ2n) is 5.97. The molecule has 2 atom stereocenters. The number of carbonyl (C=O) groups excluding carboxylic acids is 1. The maximum atomic E-state index is 12.2. The van der Waals surface area contributed by atoms with Crippen LogP contribution in [0.4, 0.5) is 4.79 Å². The van der Waals surface area contributed by atoms with E-state index in [4.69, 9.17) is 4.74 Å². The van der Waals surface area contributed by atoms with Crippen LogP contribution in [0.25, 0.3) is 0 Å². The third-order valence-electron chi connectivity index (χ3n) is 4.19. The van der Waals surface area contributed by atoms with E-state index in [2.05, 4.69) is 5.32 Å². The van der Waals surface area contributed by atoms with Gasteiger partial charge in [-0.25, -0.2) is 4.79 Å². The molecule has 1 saturated heterocycles. The summed E-state index contributed by atoms with van der Waals surface area (Å²) in [6, 6.07) is 5.81. The number of aryl methyl sites for hydroxylation is 1. The molecule has 0 aliphatic carbocycles. The average molecular weight is 306 g/mol. The number of piperidine rings is 1. The summed E-state index contributed by atoms with van der Waals surface area (Å²) in [6.07, 6.45) is 0.420. The van der Waals surface area contributed by atoms with Crippen LogP contribution in [0.2, 0.25) is 0 Å². The number of urea groups is 1. The summed E-state index contributed by atoms with van der Waals surface area (Å²) in [5.74, 6) is 1.14. The molecule has 2 N–H and O–H groups in total. The van der Waals surface area contributed by atoms with E-state index in [1.54, 1.807) is 4.90 Å². The number of benzene rings is 1. The van der Waals surface area contributed by atoms with Gasteiger partial charge in [-0.2, -0.15) is 0 Å². The number of nitrogens with one attached hydrogen (secondary N) is 1. The number of ether oxygens (including phenoxy) is 1. The first-order valence-electron chi connectivity index (χ1n) is 7.94. The minimum absolute atomic E-state index is 0.113. The zero-order chi connectivity index (χ0) is 16.1. The summed E-state index contributed by atoms with van der Waals surface area (Å²) in [5.41, 5.74) is 2.11. The first kappa shape index (κ1) is 16.6. The number of aliphatic hydroxyl groups excluding tert-OH is 1. The van der Waals surface area contributed by atoms with Gasteiger partial charge in [0.2, 0.25) is 0 Å². The van der Waals surface area contributed by atoms with Crippen molar-refractivity contribution in [3.8, 4) is 5.75 Å². The van der Waals surface area contributed by atoms with E-state index >= 15 is 0 Å². The van der Waals surface area contributed by atoms with Crippen molar-refractivity contribution in [3.63, 3.8) is 0 Å². The standard InChI is InChI=1S/C17H26N2O3/c1-4-22-16-6-5-14(9-13(16)3)10-18-17(21)19-8-7-12(2)15(20)11-19/h5-6,9,12,15,20H,4,7-8,10-11H2,1-3H3,(H,18,21). The molecule has 1 heterocycles. The number of rotatable bonds is 4. The maximum Gasteiger partial charge on any atom is 0.317 e. The number of hydrogen-bond acceptors (Lipinski definition) is 3. The summed E-state index contributed by atoms with van der Waals surface area (Å²) in [7, 11) is 0. The van der Waals surface area contributed by atoms with Crippen molar-refractivity contribution in [3.05, 3.63) is 29.3 Å². The van der Waals surface area contributed by atoms with Crippen LogP contribution in [-0.4, -0.2) is 41.8 Å². The van der Waals surface area contributed by atoms with Crippen molar-refractivity contribution in [2.75, 3.05) is 19.7 Å². The minimum Gasteiger partial charge on any atom is -0.494 e. The monoisotopic (exact) mass is 306 g/mol. The molecule has 0 bridgehead atoms. The van der Waals surface area contributed by atoms with Crippen molar-refractivity contribution in [1.82, 2.24) is 10.2 Å². The first-order chi connectivity index (χ1) is 10.5. The van der Waals surface area contributed by atoms with Gasteiger partial charge >= 0.3 is 6.03 Å². The summed E-state index contributed by atoms with van der Waals surface area (Å²) in [5, 5.41) is 12.8. The molecule has 5 heteroatoms. The lowest BCUT2D eigenvalue weighted by molar-refractivity contribution is 0.0435. The van der Waals surface area contributed by atoms with Crippen molar-refractivity contribution in [2.45, 2.75) is 39.8 Å². The van der Waals surface area contributed by atoms with Gasteiger partial charge in [-0.15, -0.1) is 0 Å². The number of hydrogen-bond donors (Lipinski definition) is 2. The molecule has 1 aliphatic heterocycles. The van der Waals surface area contributed by atoms with Gasteiger partial charge < -0.3 is 20.1 Å². The molecule has 1 aliphatic rings. The third kappa shape index (κ3) is 4.13. The third-order valence-corrected chi connectivity index (χ3v) is 4.19. The molecule has 0 aromatic heterocycles. The lowest BCUT2D eigenvalue weighted by atomic mass is 9.96. The predicted octanol–water partition coefficient (Wildman–Crippen LogP) is 2.31. The molecule has 0 radical (unpaired) electrons. The molecule has 122 valence electrons. The molecule has 2 unspecified atom stereocenters. The molecule has 1 aromatic carbocycles. The molecule has 1 aromatic rings. The van der Waals surface area contributed by atoms with E-state index < -0.39 is 6.10 Å². The van der Waals surface area contributed by atoms with Crippen molar-refractivity contribution < 1.29 is 14.6 Å². The number of carbonyl (C=O) groups is 1. The number of nitrogens with zero attached hydrogens (tertiary/aromatic N) is 1. The molecule has 1 fully saturated rings. The Morgan fingerprint density at radius 3 is 2.91 bits per heavy atom. The minimum atomic E-state index is -0.424. The highest BCUT2D eigenvalue weighted by atomic mass is 16.5. The lowest BCUT2D eigenvalue weighted by Crippen LogP contribution is -2.49. The van der Waals surface area contributed by atoms with Crippen molar-refractivity contribution in [2.24, 2.45) is 5.92 Å². The van der Waals surface area contributed by atoms with Crippen LogP contribution in [-0.2, 0) is 6.54 Å². The van der Waals surface area contributed by atoms with E-state index in [9.17, 15) is 9.90 Å². The summed E-state index contributed by atoms with van der Waals surface area (Å²) in [6.45, 7) is 8.21. The highest BCUT2D eigenvalue weighted by Gasteiger charge is 2.26. The molecule has 0 spiro atoms. The summed E-state index contributed by atoms with van der Waals surface area (Å²) >= 11 is 0. The average Bonchev–Trinajstić information content (AvgIpc) is 2.50. The van der Waals surface area contributed by atoms with Crippen LogP contribution in [0.1, 0.15) is 31.4 Å². The van der Waals surface area contributed by atoms with E-state index in [0.29, 0.717) is 26.2 Å². The van der Waals surface area contributed by atoms with Crippen LogP contribution < -0.4 is 10.1 Å². The van der Waals surface area contributed by atoms with Gasteiger partial charge in [-0.05, 0) is 43.4 Å². The van der Waals surface area contributed by atoms with E-state index in [-0.39, 0.29) is 11.9 Å². The van der Waals surface area contributed by atoms with Crippen LogP contribution in [0.15, 0.2) is 18.2 Å². The summed E-state index contributed by atoms with van der Waals surface area (Å²) < 4.78 is 5.51. The fourth-order valence-corrected chi connectivity index (χ4v) is 2.66.